The molecular formula is C13H18BrNO2S. The van der Waals surface area contributed by atoms with E-state index in [1.54, 1.807) is 18.2 Å². The molecule has 2 rings (SSSR count). The molecule has 0 amide bonds. The first-order valence-corrected chi connectivity index (χ1v) is 8.48. The molecule has 0 radical (unpaired) electrons. The molecule has 1 unspecified atom stereocenters. The van der Waals surface area contributed by atoms with E-state index in [0.717, 1.165) is 22.9 Å². The molecule has 1 saturated heterocycles. The van der Waals surface area contributed by atoms with Gasteiger partial charge in [-0.2, -0.15) is 4.31 Å². The van der Waals surface area contributed by atoms with Gasteiger partial charge in [0.15, 0.2) is 0 Å². The molecule has 0 saturated carbocycles. The predicted octanol–water partition coefficient (Wildman–Crippen LogP) is 3.32. The average molecular weight is 332 g/mol. The fourth-order valence-electron chi connectivity index (χ4n) is 2.36. The molecule has 0 N–H and O–H groups in total. The maximum absolute atomic E-state index is 12.3. The standard InChI is InChI=1S/C13H18BrNO2S/c1-10(2)18(16,17)15-8-4-7-13(15)11-5-3-6-12(14)9-11/h3,5-6,9-10,13H,4,7-8H2,1-2H3. The zero-order valence-corrected chi connectivity index (χ0v) is 13.0. The van der Waals surface area contributed by atoms with Crippen molar-refractivity contribution in [3.63, 3.8) is 0 Å². The van der Waals surface area contributed by atoms with Gasteiger partial charge in [0.1, 0.15) is 0 Å². The molecule has 100 valence electrons. The Morgan fingerprint density at radius 2 is 2.11 bits per heavy atom. The van der Waals surface area contributed by atoms with Crippen molar-refractivity contribution in [2.45, 2.75) is 38.0 Å². The van der Waals surface area contributed by atoms with E-state index >= 15 is 0 Å². The lowest BCUT2D eigenvalue weighted by molar-refractivity contribution is 0.392. The van der Waals surface area contributed by atoms with E-state index in [1.807, 2.05) is 24.3 Å². The summed E-state index contributed by atoms with van der Waals surface area (Å²) in [6, 6.07) is 7.93. The summed E-state index contributed by atoms with van der Waals surface area (Å²) in [5.74, 6) is 0. The number of hydrogen-bond donors (Lipinski definition) is 0. The fraction of sp³-hybridized carbons (Fsp3) is 0.538. The van der Waals surface area contributed by atoms with Crippen LogP contribution in [-0.2, 0) is 10.0 Å². The zero-order valence-electron chi connectivity index (χ0n) is 10.6. The minimum atomic E-state index is -3.17. The van der Waals surface area contributed by atoms with E-state index in [0.29, 0.717) is 6.54 Å². The highest BCUT2D eigenvalue weighted by atomic mass is 79.9. The summed E-state index contributed by atoms with van der Waals surface area (Å²) in [6.07, 6.45) is 1.84. The molecule has 1 atom stereocenters. The van der Waals surface area contributed by atoms with Crippen LogP contribution in [0, 0.1) is 0 Å². The number of sulfonamides is 1. The number of halogens is 1. The number of benzene rings is 1. The predicted molar refractivity (Wildman–Crippen MR) is 76.9 cm³/mol. The van der Waals surface area contributed by atoms with Gasteiger partial charge in [-0.3, -0.25) is 0 Å². The van der Waals surface area contributed by atoms with Crippen molar-refractivity contribution in [2.75, 3.05) is 6.54 Å². The Balaban J connectivity index is 2.34. The molecule has 0 aliphatic carbocycles. The van der Waals surface area contributed by atoms with Crippen LogP contribution in [0.5, 0.6) is 0 Å². The maximum Gasteiger partial charge on any atom is 0.216 e. The molecule has 0 spiro atoms. The Hall–Kier alpha value is -0.390. The third-order valence-corrected chi connectivity index (χ3v) is 6.14. The van der Waals surface area contributed by atoms with Crippen LogP contribution in [0.4, 0.5) is 0 Å². The van der Waals surface area contributed by atoms with Crippen LogP contribution in [0.25, 0.3) is 0 Å². The Morgan fingerprint density at radius 1 is 1.39 bits per heavy atom. The summed E-state index contributed by atoms with van der Waals surface area (Å²) in [7, 11) is -3.17. The molecule has 1 aliphatic heterocycles. The number of hydrogen-bond acceptors (Lipinski definition) is 2. The van der Waals surface area contributed by atoms with Crippen molar-refractivity contribution in [1.82, 2.24) is 4.31 Å². The third-order valence-electron chi connectivity index (χ3n) is 3.36. The quantitative estimate of drug-likeness (QED) is 0.851. The third kappa shape index (κ3) is 2.63. The molecule has 1 aliphatic rings. The van der Waals surface area contributed by atoms with Gasteiger partial charge in [0.2, 0.25) is 10.0 Å². The van der Waals surface area contributed by atoms with Crippen LogP contribution in [0.3, 0.4) is 0 Å². The summed E-state index contributed by atoms with van der Waals surface area (Å²) in [6.45, 7) is 4.12. The first kappa shape index (κ1) is 14.0. The highest BCUT2D eigenvalue weighted by Gasteiger charge is 2.36. The lowest BCUT2D eigenvalue weighted by Crippen LogP contribution is -2.35. The van der Waals surface area contributed by atoms with Crippen LogP contribution in [0.15, 0.2) is 28.7 Å². The molecule has 1 aromatic carbocycles. The summed E-state index contributed by atoms with van der Waals surface area (Å²) < 4.78 is 27.3. The van der Waals surface area contributed by atoms with Crippen LogP contribution >= 0.6 is 15.9 Å². The van der Waals surface area contributed by atoms with E-state index in [-0.39, 0.29) is 11.3 Å². The van der Waals surface area contributed by atoms with Gasteiger partial charge in [0, 0.05) is 17.1 Å². The first-order valence-electron chi connectivity index (χ1n) is 6.19. The van der Waals surface area contributed by atoms with Crippen molar-refractivity contribution in [3.8, 4) is 0 Å². The van der Waals surface area contributed by atoms with E-state index in [2.05, 4.69) is 15.9 Å². The Labute approximate surface area is 117 Å². The minimum Gasteiger partial charge on any atom is -0.212 e. The summed E-state index contributed by atoms with van der Waals surface area (Å²) >= 11 is 3.44. The molecule has 0 aromatic heterocycles. The van der Waals surface area contributed by atoms with E-state index in [4.69, 9.17) is 0 Å². The van der Waals surface area contributed by atoms with Crippen molar-refractivity contribution in [2.24, 2.45) is 0 Å². The largest absolute Gasteiger partial charge is 0.216 e. The molecule has 1 aromatic rings. The van der Waals surface area contributed by atoms with Crippen molar-refractivity contribution in [1.29, 1.82) is 0 Å². The molecule has 5 heteroatoms. The second-order valence-electron chi connectivity index (χ2n) is 4.92. The van der Waals surface area contributed by atoms with Gasteiger partial charge in [-0.1, -0.05) is 28.1 Å². The van der Waals surface area contributed by atoms with Gasteiger partial charge >= 0.3 is 0 Å². The summed E-state index contributed by atoms with van der Waals surface area (Å²) in [4.78, 5) is 0. The minimum absolute atomic E-state index is 0.00472. The lowest BCUT2D eigenvalue weighted by atomic mass is 10.1. The SMILES string of the molecule is CC(C)S(=O)(=O)N1CCCC1c1cccc(Br)c1. The monoisotopic (exact) mass is 331 g/mol. The smallest absolute Gasteiger partial charge is 0.212 e. The molecule has 3 nitrogen and oxygen atoms in total. The lowest BCUT2D eigenvalue weighted by Gasteiger charge is -2.26. The Morgan fingerprint density at radius 3 is 2.72 bits per heavy atom. The van der Waals surface area contributed by atoms with E-state index in [9.17, 15) is 8.42 Å². The Kier molecular flexibility index (Phi) is 4.14. The molecule has 18 heavy (non-hydrogen) atoms. The summed E-state index contributed by atoms with van der Waals surface area (Å²) in [5.41, 5.74) is 1.08. The molecule has 0 bridgehead atoms. The summed E-state index contributed by atoms with van der Waals surface area (Å²) in [5, 5.41) is -0.356. The van der Waals surface area contributed by atoms with Gasteiger partial charge in [-0.15, -0.1) is 0 Å². The van der Waals surface area contributed by atoms with Crippen molar-refractivity contribution < 1.29 is 8.42 Å². The topological polar surface area (TPSA) is 37.4 Å². The molecule has 1 fully saturated rings. The van der Waals surface area contributed by atoms with E-state index < -0.39 is 10.0 Å². The van der Waals surface area contributed by atoms with Crippen LogP contribution in [0.2, 0.25) is 0 Å². The molecule has 1 heterocycles. The average Bonchev–Trinajstić information content (AvgIpc) is 2.78. The van der Waals surface area contributed by atoms with Crippen LogP contribution in [-0.4, -0.2) is 24.5 Å². The first-order chi connectivity index (χ1) is 8.43. The zero-order chi connectivity index (χ0) is 13.3. The van der Waals surface area contributed by atoms with Gasteiger partial charge < -0.3 is 0 Å². The van der Waals surface area contributed by atoms with Crippen LogP contribution in [0.1, 0.15) is 38.3 Å². The Bertz CT molecular complexity index is 528. The van der Waals surface area contributed by atoms with Gasteiger partial charge in [-0.05, 0) is 44.4 Å². The van der Waals surface area contributed by atoms with Gasteiger partial charge in [0.05, 0.1) is 5.25 Å². The number of nitrogens with zero attached hydrogens (tertiary/aromatic N) is 1. The highest BCUT2D eigenvalue weighted by Crippen LogP contribution is 2.36. The fourth-order valence-corrected chi connectivity index (χ4v) is 4.29. The normalized spacial score (nSPS) is 21.7. The van der Waals surface area contributed by atoms with Crippen molar-refractivity contribution >= 4 is 26.0 Å². The van der Waals surface area contributed by atoms with E-state index in [1.165, 1.54) is 0 Å². The molecular weight excluding hydrogens is 314 g/mol. The van der Waals surface area contributed by atoms with Crippen LogP contribution < -0.4 is 0 Å². The van der Waals surface area contributed by atoms with Gasteiger partial charge in [0.25, 0.3) is 0 Å². The highest BCUT2D eigenvalue weighted by molar-refractivity contribution is 9.10. The maximum atomic E-state index is 12.3. The number of rotatable bonds is 3. The second kappa shape index (κ2) is 5.31. The van der Waals surface area contributed by atoms with Crippen molar-refractivity contribution in [3.05, 3.63) is 34.3 Å². The second-order valence-corrected chi connectivity index (χ2v) is 8.27. The van der Waals surface area contributed by atoms with Gasteiger partial charge in [-0.25, -0.2) is 8.42 Å².